The third kappa shape index (κ3) is 3.10. The van der Waals surface area contributed by atoms with Crippen molar-refractivity contribution in [1.82, 2.24) is 19.6 Å². The zero-order chi connectivity index (χ0) is 13.8. The molecule has 0 aliphatic carbocycles. The van der Waals surface area contributed by atoms with Gasteiger partial charge < -0.3 is 0 Å². The molecule has 5 nitrogen and oxygen atoms in total. The average Bonchev–Trinajstić information content (AvgIpc) is 3.01. The Morgan fingerprint density at radius 3 is 2.74 bits per heavy atom. The molecule has 0 atom stereocenters. The minimum Gasteiger partial charge on any atom is -0.292 e. The van der Waals surface area contributed by atoms with Crippen LogP contribution in [0.25, 0.3) is 0 Å². The molecule has 0 fully saturated rings. The van der Waals surface area contributed by atoms with Gasteiger partial charge in [-0.2, -0.15) is 10.2 Å². The summed E-state index contributed by atoms with van der Waals surface area (Å²) in [6.45, 7) is 4.78. The second kappa shape index (κ2) is 5.82. The number of nitrogens with zero attached hydrogens (tertiary/aromatic N) is 4. The number of aromatic nitrogens is 4. The number of hydrogen-bond acceptors (Lipinski definition) is 3. The molecule has 5 heteroatoms. The number of carbonyl (C=O) groups is 1. The van der Waals surface area contributed by atoms with Gasteiger partial charge in [-0.25, -0.2) is 0 Å². The van der Waals surface area contributed by atoms with Gasteiger partial charge >= 0.3 is 0 Å². The minimum atomic E-state index is 0.151. The molecule has 0 aliphatic rings. The van der Waals surface area contributed by atoms with E-state index in [1.807, 2.05) is 39.4 Å². The number of rotatable bonds is 6. The first kappa shape index (κ1) is 13.5. The van der Waals surface area contributed by atoms with E-state index in [-0.39, 0.29) is 5.78 Å². The standard InChI is InChI=1S/C14H20N4O/c1-4-12-8-13(18(5-2)16-12)14(19)7-6-11-9-15-17(3)10-11/h8-10H,4-7H2,1-3H3. The Morgan fingerprint density at radius 2 is 2.16 bits per heavy atom. The second-order valence-corrected chi connectivity index (χ2v) is 4.64. The number of aryl methyl sites for hydroxylation is 4. The SMILES string of the molecule is CCc1cc(C(=O)CCc2cnn(C)c2)n(CC)n1. The maximum Gasteiger partial charge on any atom is 0.181 e. The summed E-state index contributed by atoms with van der Waals surface area (Å²) >= 11 is 0. The molecule has 0 spiro atoms. The summed E-state index contributed by atoms with van der Waals surface area (Å²) in [5.41, 5.74) is 2.80. The monoisotopic (exact) mass is 260 g/mol. The van der Waals surface area contributed by atoms with Crippen molar-refractivity contribution in [3.05, 3.63) is 35.4 Å². The zero-order valence-corrected chi connectivity index (χ0v) is 11.8. The van der Waals surface area contributed by atoms with E-state index in [0.29, 0.717) is 6.42 Å². The lowest BCUT2D eigenvalue weighted by molar-refractivity contribution is 0.0972. The number of carbonyl (C=O) groups excluding carboxylic acids is 1. The maximum atomic E-state index is 12.2. The highest BCUT2D eigenvalue weighted by atomic mass is 16.1. The van der Waals surface area contributed by atoms with Crippen LogP contribution in [0.5, 0.6) is 0 Å². The van der Waals surface area contributed by atoms with Gasteiger partial charge in [0.2, 0.25) is 0 Å². The van der Waals surface area contributed by atoms with Crippen LogP contribution < -0.4 is 0 Å². The molecular formula is C14H20N4O. The van der Waals surface area contributed by atoms with Gasteiger partial charge in [0.25, 0.3) is 0 Å². The molecule has 0 bridgehead atoms. The highest BCUT2D eigenvalue weighted by Gasteiger charge is 2.14. The molecule has 2 rings (SSSR count). The fourth-order valence-corrected chi connectivity index (χ4v) is 2.10. The van der Waals surface area contributed by atoms with Crippen molar-refractivity contribution in [1.29, 1.82) is 0 Å². The van der Waals surface area contributed by atoms with Crippen LogP contribution in [0.3, 0.4) is 0 Å². The normalized spacial score (nSPS) is 10.9. The summed E-state index contributed by atoms with van der Waals surface area (Å²) in [6.07, 6.45) is 5.84. The predicted octanol–water partition coefficient (Wildman–Crippen LogP) is 2.01. The maximum absolute atomic E-state index is 12.2. The van der Waals surface area contributed by atoms with E-state index < -0.39 is 0 Å². The molecule has 0 N–H and O–H groups in total. The van der Waals surface area contributed by atoms with Gasteiger partial charge in [-0.1, -0.05) is 6.92 Å². The Balaban J connectivity index is 2.05. The molecule has 2 heterocycles. The summed E-state index contributed by atoms with van der Waals surface area (Å²) in [5, 5.41) is 8.51. The Morgan fingerprint density at radius 1 is 1.37 bits per heavy atom. The van der Waals surface area contributed by atoms with Crippen LogP contribution in [-0.2, 0) is 26.4 Å². The summed E-state index contributed by atoms with van der Waals surface area (Å²) in [5.74, 6) is 0.151. The fourth-order valence-electron chi connectivity index (χ4n) is 2.10. The van der Waals surface area contributed by atoms with Gasteiger partial charge in [0.15, 0.2) is 5.78 Å². The van der Waals surface area contributed by atoms with Crippen LogP contribution in [0.4, 0.5) is 0 Å². The lowest BCUT2D eigenvalue weighted by Crippen LogP contribution is -2.10. The Hall–Kier alpha value is -1.91. The molecule has 0 unspecified atom stereocenters. The summed E-state index contributed by atoms with van der Waals surface area (Å²) in [7, 11) is 1.88. The molecule has 2 aromatic rings. The fraction of sp³-hybridized carbons (Fsp3) is 0.500. The van der Waals surface area contributed by atoms with Crippen molar-refractivity contribution < 1.29 is 4.79 Å². The molecule has 0 aromatic carbocycles. The third-order valence-electron chi connectivity index (χ3n) is 3.18. The molecule has 102 valence electrons. The number of ketones is 1. The molecule has 2 aromatic heterocycles. The van der Waals surface area contributed by atoms with Crippen LogP contribution in [0.15, 0.2) is 18.5 Å². The van der Waals surface area contributed by atoms with Crippen molar-refractivity contribution in [2.24, 2.45) is 7.05 Å². The van der Waals surface area contributed by atoms with E-state index in [4.69, 9.17) is 0 Å². The highest BCUT2D eigenvalue weighted by Crippen LogP contribution is 2.11. The average molecular weight is 260 g/mol. The molecule has 19 heavy (non-hydrogen) atoms. The van der Waals surface area contributed by atoms with Gasteiger partial charge in [0.05, 0.1) is 11.9 Å². The van der Waals surface area contributed by atoms with Crippen LogP contribution in [0, 0.1) is 0 Å². The third-order valence-corrected chi connectivity index (χ3v) is 3.18. The lowest BCUT2D eigenvalue weighted by atomic mass is 10.1. The molecular weight excluding hydrogens is 240 g/mol. The summed E-state index contributed by atoms with van der Waals surface area (Å²) < 4.78 is 3.55. The van der Waals surface area contributed by atoms with Gasteiger partial charge in [-0.3, -0.25) is 14.2 Å². The van der Waals surface area contributed by atoms with Crippen molar-refractivity contribution in [2.45, 2.75) is 39.7 Å². The van der Waals surface area contributed by atoms with Crippen molar-refractivity contribution in [3.8, 4) is 0 Å². The van der Waals surface area contributed by atoms with E-state index in [1.54, 1.807) is 9.36 Å². The van der Waals surface area contributed by atoms with Crippen molar-refractivity contribution in [2.75, 3.05) is 0 Å². The summed E-state index contributed by atoms with van der Waals surface area (Å²) in [6, 6.07) is 1.91. The summed E-state index contributed by atoms with van der Waals surface area (Å²) in [4.78, 5) is 12.2. The molecule has 0 amide bonds. The van der Waals surface area contributed by atoms with Crippen LogP contribution in [0.1, 0.15) is 42.0 Å². The molecule has 0 saturated carbocycles. The molecule has 0 radical (unpaired) electrons. The van der Waals surface area contributed by atoms with Crippen LogP contribution >= 0.6 is 0 Å². The first-order valence-corrected chi connectivity index (χ1v) is 6.71. The quantitative estimate of drug-likeness (QED) is 0.747. The van der Waals surface area contributed by atoms with E-state index in [2.05, 4.69) is 10.2 Å². The Bertz CT molecular complexity index is 568. The van der Waals surface area contributed by atoms with E-state index in [9.17, 15) is 4.79 Å². The Labute approximate surface area is 113 Å². The predicted molar refractivity (Wildman–Crippen MR) is 73.1 cm³/mol. The zero-order valence-electron chi connectivity index (χ0n) is 11.8. The topological polar surface area (TPSA) is 52.7 Å². The second-order valence-electron chi connectivity index (χ2n) is 4.64. The van der Waals surface area contributed by atoms with Gasteiger partial charge in [0, 0.05) is 26.2 Å². The lowest BCUT2D eigenvalue weighted by Gasteiger charge is -2.02. The van der Waals surface area contributed by atoms with Crippen molar-refractivity contribution >= 4 is 5.78 Å². The van der Waals surface area contributed by atoms with Gasteiger partial charge in [0.1, 0.15) is 5.69 Å². The van der Waals surface area contributed by atoms with Crippen LogP contribution in [0.2, 0.25) is 0 Å². The largest absolute Gasteiger partial charge is 0.292 e. The van der Waals surface area contributed by atoms with E-state index >= 15 is 0 Å². The highest BCUT2D eigenvalue weighted by molar-refractivity contribution is 5.94. The first-order chi connectivity index (χ1) is 9.13. The first-order valence-electron chi connectivity index (χ1n) is 6.71. The van der Waals surface area contributed by atoms with E-state index in [0.717, 1.165) is 36.3 Å². The van der Waals surface area contributed by atoms with Crippen molar-refractivity contribution in [3.63, 3.8) is 0 Å². The molecule has 0 saturated heterocycles. The van der Waals surface area contributed by atoms with Crippen LogP contribution in [-0.4, -0.2) is 25.3 Å². The number of hydrogen-bond donors (Lipinski definition) is 0. The minimum absolute atomic E-state index is 0.151. The van der Waals surface area contributed by atoms with Gasteiger partial charge in [-0.15, -0.1) is 0 Å². The Kier molecular flexibility index (Phi) is 4.14. The number of Topliss-reactive ketones (excluding diaryl/α,β-unsaturated/α-hetero) is 1. The van der Waals surface area contributed by atoms with E-state index in [1.165, 1.54) is 0 Å². The smallest absolute Gasteiger partial charge is 0.181 e. The molecule has 0 aliphatic heterocycles. The van der Waals surface area contributed by atoms with Gasteiger partial charge in [-0.05, 0) is 31.4 Å².